The second-order valence-corrected chi connectivity index (χ2v) is 15.2. The van der Waals surface area contributed by atoms with Gasteiger partial charge in [0.1, 0.15) is 0 Å². The first-order valence-corrected chi connectivity index (χ1v) is 18.4. The van der Waals surface area contributed by atoms with Gasteiger partial charge in [0.2, 0.25) is 11.8 Å². The normalized spacial score (nSPS) is 21.5. The molecule has 5 heterocycles. The molecule has 11 heteroatoms. The van der Waals surface area contributed by atoms with E-state index in [0.29, 0.717) is 42.7 Å². The molecule has 9 nitrogen and oxygen atoms in total. The van der Waals surface area contributed by atoms with Crippen LogP contribution in [0.15, 0.2) is 22.9 Å². The van der Waals surface area contributed by atoms with Gasteiger partial charge in [-0.25, -0.2) is 4.79 Å². The molecule has 1 aromatic heterocycles. The monoisotopic (exact) mass is 668 g/mol. The number of halogens is 1. The summed E-state index contributed by atoms with van der Waals surface area (Å²) in [6.07, 6.45) is 7.51. The number of piperidine rings is 3. The summed E-state index contributed by atoms with van der Waals surface area (Å²) < 4.78 is 0. The summed E-state index contributed by atoms with van der Waals surface area (Å²) in [4.78, 5) is 49.2. The van der Waals surface area contributed by atoms with Crippen molar-refractivity contribution in [1.29, 1.82) is 0 Å². The Morgan fingerprint density at radius 1 is 0.957 bits per heavy atom. The van der Waals surface area contributed by atoms with E-state index in [-0.39, 0.29) is 30.3 Å². The lowest BCUT2D eigenvalue weighted by molar-refractivity contribution is -0.143. The van der Waals surface area contributed by atoms with Crippen LogP contribution in [0.25, 0.3) is 0 Å². The fourth-order valence-corrected chi connectivity index (χ4v) is 9.21. The van der Waals surface area contributed by atoms with Crippen LogP contribution in [0, 0.1) is 24.7 Å². The highest BCUT2D eigenvalue weighted by Gasteiger charge is 2.36. The summed E-state index contributed by atoms with van der Waals surface area (Å²) in [5.41, 5.74) is 10.6. The number of nitrogens with zero attached hydrogens (tertiary/aromatic N) is 4. The van der Waals surface area contributed by atoms with E-state index in [1.807, 2.05) is 39.1 Å². The average Bonchev–Trinajstić information content (AvgIpc) is 3.43. The minimum atomic E-state index is -0.459. The number of nitrogens with one attached hydrogen (secondary N) is 1. The summed E-state index contributed by atoms with van der Waals surface area (Å²) in [6, 6.07) is 3.89. The Morgan fingerprint density at radius 3 is 2.28 bits per heavy atom. The standard InChI is InChI=1S/C35H49ClN6O3S/c1-23-17-24(19-30(36)33(23)37)18-28(34(44)41-12-5-26(6-13-41)25-3-10-39(2)11-4-25)20-32(43)40-14-8-29(9-15-40)42-16-7-27-21-46-22-31(27)38-35(42)45/h17,19,21-22,25-26,28-29H,3-16,18,20,37H2,1-2H3,(H,38,45)/t28-/m0/s1. The van der Waals surface area contributed by atoms with Crippen molar-refractivity contribution in [3.63, 3.8) is 0 Å². The number of nitrogen functional groups attached to an aromatic ring is 1. The van der Waals surface area contributed by atoms with E-state index < -0.39 is 5.92 Å². The zero-order valence-electron chi connectivity index (χ0n) is 27.3. The molecule has 0 unspecified atom stereocenters. The molecule has 0 bridgehead atoms. The van der Waals surface area contributed by atoms with Crippen molar-refractivity contribution < 1.29 is 14.4 Å². The Balaban J connectivity index is 1.08. The Kier molecular flexibility index (Phi) is 10.4. The van der Waals surface area contributed by atoms with Crippen LogP contribution >= 0.6 is 22.9 Å². The number of hydrogen-bond acceptors (Lipinski definition) is 6. The molecule has 0 radical (unpaired) electrons. The van der Waals surface area contributed by atoms with Gasteiger partial charge in [0.15, 0.2) is 0 Å². The predicted octanol–water partition coefficient (Wildman–Crippen LogP) is 5.50. The lowest BCUT2D eigenvalue weighted by atomic mass is 9.78. The summed E-state index contributed by atoms with van der Waals surface area (Å²) in [5, 5.41) is 7.65. The average molecular weight is 669 g/mol. The van der Waals surface area contributed by atoms with Crippen LogP contribution < -0.4 is 11.1 Å². The summed E-state index contributed by atoms with van der Waals surface area (Å²) >= 11 is 8.06. The quantitative estimate of drug-likeness (QED) is 0.380. The number of benzene rings is 1. The van der Waals surface area contributed by atoms with E-state index in [1.54, 1.807) is 11.3 Å². The molecule has 46 heavy (non-hydrogen) atoms. The van der Waals surface area contributed by atoms with Gasteiger partial charge >= 0.3 is 6.03 Å². The second-order valence-electron chi connectivity index (χ2n) is 14.0. The molecule has 2 aromatic rings. The molecule has 250 valence electrons. The molecular weight excluding hydrogens is 620 g/mol. The number of thiophene rings is 1. The number of aryl methyl sites for hydroxylation is 1. The fourth-order valence-electron chi connectivity index (χ4n) is 8.10. The van der Waals surface area contributed by atoms with Gasteiger partial charge in [-0.2, -0.15) is 0 Å². The van der Waals surface area contributed by atoms with E-state index >= 15 is 0 Å². The van der Waals surface area contributed by atoms with Crippen LogP contribution in [0.4, 0.5) is 16.2 Å². The summed E-state index contributed by atoms with van der Waals surface area (Å²) in [6.45, 7) is 7.63. The van der Waals surface area contributed by atoms with Gasteiger partial charge in [-0.15, -0.1) is 11.3 Å². The molecule has 3 saturated heterocycles. The largest absolute Gasteiger partial charge is 0.397 e. The summed E-state index contributed by atoms with van der Waals surface area (Å²) in [7, 11) is 2.20. The highest BCUT2D eigenvalue weighted by molar-refractivity contribution is 7.08. The van der Waals surface area contributed by atoms with Crippen molar-refractivity contribution in [2.45, 2.75) is 70.8 Å². The number of likely N-dealkylation sites (tertiary alicyclic amines) is 3. The van der Waals surface area contributed by atoms with Crippen molar-refractivity contribution >= 4 is 52.2 Å². The van der Waals surface area contributed by atoms with Crippen molar-refractivity contribution in [2.24, 2.45) is 17.8 Å². The van der Waals surface area contributed by atoms with Gasteiger partial charge in [0, 0.05) is 50.6 Å². The topological polar surface area (TPSA) is 102 Å². The number of fused-ring (bicyclic) bond motifs is 1. The Bertz CT molecular complexity index is 1390. The maximum absolute atomic E-state index is 14.1. The van der Waals surface area contributed by atoms with E-state index in [4.69, 9.17) is 17.3 Å². The highest BCUT2D eigenvalue weighted by Crippen LogP contribution is 2.34. The number of rotatable bonds is 7. The van der Waals surface area contributed by atoms with Crippen LogP contribution in [-0.2, 0) is 22.4 Å². The third-order valence-electron chi connectivity index (χ3n) is 11.1. The Labute approximate surface area is 282 Å². The van der Waals surface area contributed by atoms with Crippen LogP contribution in [-0.4, -0.2) is 96.3 Å². The number of carbonyl (C=O) groups excluding carboxylic acids is 3. The van der Waals surface area contributed by atoms with E-state index in [2.05, 4.69) is 22.6 Å². The van der Waals surface area contributed by atoms with Crippen LogP contribution in [0.1, 0.15) is 61.6 Å². The third-order valence-corrected chi connectivity index (χ3v) is 12.2. The number of hydrogen-bond donors (Lipinski definition) is 2. The minimum absolute atomic E-state index is 0.0125. The number of amides is 4. The number of carbonyl (C=O) groups is 3. The number of nitrogens with two attached hydrogens (primary N) is 1. The zero-order chi connectivity index (χ0) is 32.4. The van der Waals surface area contributed by atoms with Gasteiger partial charge in [-0.1, -0.05) is 17.7 Å². The molecule has 6 rings (SSSR count). The van der Waals surface area contributed by atoms with Crippen molar-refractivity contribution in [3.05, 3.63) is 44.6 Å². The molecule has 3 N–H and O–H groups in total. The molecule has 0 saturated carbocycles. The van der Waals surface area contributed by atoms with Gasteiger partial charge in [0.25, 0.3) is 0 Å². The van der Waals surface area contributed by atoms with Crippen LogP contribution in [0.3, 0.4) is 0 Å². The van der Waals surface area contributed by atoms with Gasteiger partial charge in [-0.3, -0.25) is 9.59 Å². The molecule has 4 aliphatic rings. The maximum atomic E-state index is 14.1. The lowest BCUT2D eigenvalue weighted by Gasteiger charge is -2.40. The first-order chi connectivity index (χ1) is 22.2. The highest BCUT2D eigenvalue weighted by atomic mass is 35.5. The van der Waals surface area contributed by atoms with Crippen LogP contribution in [0.5, 0.6) is 0 Å². The minimum Gasteiger partial charge on any atom is -0.397 e. The van der Waals surface area contributed by atoms with Crippen molar-refractivity contribution in [1.82, 2.24) is 19.6 Å². The third kappa shape index (κ3) is 7.50. The van der Waals surface area contributed by atoms with Gasteiger partial charge in [0.05, 0.1) is 22.3 Å². The van der Waals surface area contributed by atoms with Crippen molar-refractivity contribution in [3.8, 4) is 0 Å². The SMILES string of the molecule is Cc1cc(C[C@@H](CC(=O)N2CCC(N3CCc4cscc4NC3=O)CC2)C(=O)N2CCC(C3CCN(C)CC3)CC2)cc(Cl)c1N. The molecule has 4 amide bonds. The summed E-state index contributed by atoms with van der Waals surface area (Å²) in [5.74, 6) is 1.06. The fraction of sp³-hybridized carbons (Fsp3) is 0.629. The Hall–Kier alpha value is -2.82. The molecule has 4 aliphatic heterocycles. The molecular formula is C35H49ClN6O3S. The first-order valence-electron chi connectivity index (χ1n) is 17.1. The second kappa shape index (κ2) is 14.5. The molecule has 3 fully saturated rings. The van der Waals surface area contributed by atoms with E-state index in [9.17, 15) is 14.4 Å². The number of urea groups is 1. The number of anilines is 2. The first kappa shape index (κ1) is 33.1. The predicted molar refractivity (Wildman–Crippen MR) is 185 cm³/mol. The lowest BCUT2D eigenvalue weighted by Crippen LogP contribution is -2.50. The van der Waals surface area contributed by atoms with E-state index in [0.717, 1.165) is 81.0 Å². The maximum Gasteiger partial charge on any atom is 0.322 e. The zero-order valence-corrected chi connectivity index (χ0v) is 28.9. The molecule has 1 aromatic carbocycles. The van der Waals surface area contributed by atoms with Gasteiger partial charge < -0.3 is 30.7 Å². The molecule has 0 aliphatic carbocycles. The van der Waals surface area contributed by atoms with Gasteiger partial charge in [-0.05, 0) is 118 Å². The van der Waals surface area contributed by atoms with E-state index in [1.165, 1.54) is 18.4 Å². The molecule has 1 atom stereocenters. The van der Waals surface area contributed by atoms with Crippen molar-refractivity contribution in [2.75, 3.05) is 63.9 Å². The van der Waals surface area contributed by atoms with Crippen LogP contribution in [0.2, 0.25) is 5.02 Å². The molecule has 0 spiro atoms. The Morgan fingerprint density at radius 2 is 1.61 bits per heavy atom. The smallest absolute Gasteiger partial charge is 0.322 e.